The molecule has 0 N–H and O–H groups in total. The largest absolute Gasteiger partial charge is 0.340 e. The number of ketones is 1. The number of aromatic nitrogens is 2. The van der Waals surface area contributed by atoms with Gasteiger partial charge < -0.3 is 18.8 Å². The zero-order chi connectivity index (χ0) is 50.2. The van der Waals surface area contributed by atoms with Gasteiger partial charge in [0.05, 0.1) is 27.2 Å². The Morgan fingerprint density at radius 2 is 1.24 bits per heavy atom. The van der Waals surface area contributed by atoms with Crippen LogP contribution in [-0.4, -0.2) is 43.2 Å². The van der Waals surface area contributed by atoms with E-state index < -0.39 is 16.9 Å². The smallest absolute Gasteiger partial charge is 0.332 e. The lowest BCUT2D eigenvalue weighted by molar-refractivity contribution is -0.384. The summed E-state index contributed by atoms with van der Waals surface area (Å²) < 4.78 is 4.46. The Morgan fingerprint density at radius 1 is 0.648 bits per heavy atom. The van der Waals surface area contributed by atoms with Crippen molar-refractivity contribution in [1.29, 1.82) is 0 Å². The second-order valence-corrected chi connectivity index (χ2v) is 18.6. The van der Waals surface area contributed by atoms with Gasteiger partial charge in [-0.2, -0.15) is 0 Å². The van der Waals surface area contributed by atoms with Crippen molar-refractivity contribution in [2.45, 2.75) is 87.6 Å². The lowest BCUT2D eigenvalue weighted by Gasteiger charge is -2.19. The number of carbonyl (C=O) groups excluding carboxylic acids is 3. The van der Waals surface area contributed by atoms with Crippen LogP contribution in [0.15, 0.2) is 132 Å². The summed E-state index contributed by atoms with van der Waals surface area (Å²) in [6.45, 7) is 15.7. The predicted octanol–water partition coefficient (Wildman–Crippen LogP) is 13.9. The van der Waals surface area contributed by atoms with Gasteiger partial charge in [0.2, 0.25) is 0 Å². The molecule has 0 aliphatic rings. The number of hydrogen-bond acceptors (Lipinski definition) is 9. The van der Waals surface area contributed by atoms with Crippen LogP contribution in [0.25, 0.3) is 60.1 Å². The molecule has 0 saturated heterocycles. The second-order valence-electron chi connectivity index (χ2n) is 18.6. The number of hydrogen-bond donors (Lipinski definition) is 0. The van der Waals surface area contributed by atoms with Crippen LogP contribution in [0.5, 0.6) is 0 Å². The van der Waals surface area contributed by atoms with Crippen molar-refractivity contribution in [3.8, 4) is 5.69 Å². The van der Waals surface area contributed by atoms with Crippen LogP contribution in [0.2, 0.25) is 0 Å². The molecule has 12 heteroatoms. The van der Waals surface area contributed by atoms with E-state index in [9.17, 15) is 24.5 Å². The number of aryl methyl sites for hydroxylation is 3. The van der Waals surface area contributed by atoms with Gasteiger partial charge in [-0.3, -0.25) is 14.9 Å². The van der Waals surface area contributed by atoms with E-state index in [-0.39, 0.29) is 11.5 Å². The van der Waals surface area contributed by atoms with Gasteiger partial charge in [-0.25, -0.2) is 9.59 Å². The average molecular weight is 946 g/mol. The Labute approximate surface area is 411 Å². The number of unbranched alkanes of at least 4 members (excludes halogenated alkanes) is 1. The summed E-state index contributed by atoms with van der Waals surface area (Å²) in [5, 5.41) is 25.6. The zero-order valence-corrected chi connectivity index (χ0v) is 41.3. The van der Waals surface area contributed by atoms with Crippen molar-refractivity contribution in [1.82, 2.24) is 9.13 Å². The molecule has 71 heavy (non-hydrogen) atoms. The maximum Gasteiger partial charge on any atom is 0.332 e. The normalized spacial score (nSPS) is 12.6. The van der Waals surface area contributed by atoms with Crippen molar-refractivity contribution < 1.29 is 29.0 Å². The van der Waals surface area contributed by atoms with Crippen molar-refractivity contribution in [2.75, 3.05) is 0 Å². The third-order valence-electron chi connectivity index (χ3n) is 13.6. The molecule has 0 aliphatic carbocycles. The fourth-order valence-corrected chi connectivity index (χ4v) is 10.3. The van der Waals surface area contributed by atoms with E-state index >= 15 is 0 Å². The summed E-state index contributed by atoms with van der Waals surface area (Å²) in [7, 11) is 0. The van der Waals surface area contributed by atoms with E-state index in [0.29, 0.717) is 50.5 Å². The van der Waals surface area contributed by atoms with Crippen LogP contribution >= 0.6 is 0 Å². The molecule has 9 rings (SSSR count). The number of carbonyl (C=O) groups is 3. The summed E-state index contributed by atoms with van der Waals surface area (Å²) in [5.41, 5.74) is 11.6. The number of nitrogens with zero attached hydrogens (tertiary/aromatic N) is 5. The molecule has 0 amide bonds. The SMILES string of the molecule is CCCCC(CC)Cn1c2ccc(C(=NOC(C)=O)c3ccc(-n4c5ccc(C(C)=NOC(C)=O)cc5c5cc([N+](=O)[O-])ccc54)cc3)cc2c2cc(C(=O)c3c(C)cc(C)cc3C)c3ccccc3c21. The third-order valence-corrected chi connectivity index (χ3v) is 13.6. The van der Waals surface area contributed by atoms with Crippen molar-refractivity contribution >= 4 is 89.2 Å². The van der Waals surface area contributed by atoms with E-state index in [4.69, 9.17) is 9.68 Å². The van der Waals surface area contributed by atoms with Crippen LogP contribution in [0.1, 0.15) is 110 Å². The van der Waals surface area contributed by atoms with Crippen LogP contribution in [-0.2, 0) is 25.8 Å². The van der Waals surface area contributed by atoms with Crippen molar-refractivity contribution in [2.24, 2.45) is 16.2 Å². The Bertz CT molecular complexity index is 3680. The minimum atomic E-state index is -0.572. The van der Waals surface area contributed by atoms with E-state index in [1.165, 1.54) is 19.9 Å². The van der Waals surface area contributed by atoms with E-state index in [0.717, 1.165) is 104 Å². The molecule has 0 aliphatic heterocycles. The maximum absolute atomic E-state index is 14.9. The van der Waals surface area contributed by atoms with Gasteiger partial charge in [-0.15, -0.1) is 0 Å². The molecular formula is C59H55N5O7. The topological polar surface area (TPSA) is 147 Å². The quantitative estimate of drug-likeness (QED) is 0.0327. The first-order valence-electron chi connectivity index (χ1n) is 24.1. The second kappa shape index (κ2) is 19.6. The van der Waals surface area contributed by atoms with Crippen LogP contribution in [0.3, 0.4) is 0 Å². The minimum Gasteiger partial charge on any atom is -0.340 e. The Balaban J connectivity index is 1.22. The molecule has 0 spiro atoms. The number of benzene rings is 7. The molecule has 12 nitrogen and oxygen atoms in total. The Hall–Kier alpha value is -8.25. The van der Waals surface area contributed by atoms with E-state index in [1.54, 1.807) is 19.1 Å². The van der Waals surface area contributed by atoms with Gasteiger partial charge in [0.25, 0.3) is 5.69 Å². The minimum absolute atomic E-state index is 0.0214. The first-order valence-corrected chi connectivity index (χ1v) is 24.1. The highest BCUT2D eigenvalue weighted by Gasteiger charge is 2.25. The van der Waals surface area contributed by atoms with Gasteiger partial charge in [-0.05, 0) is 111 Å². The highest BCUT2D eigenvalue weighted by Crippen LogP contribution is 2.40. The van der Waals surface area contributed by atoms with Crippen molar-refractivity contribution in [3.05, 3.63) is 176 Å². The standard InChI is InChI=1S/C59H55N5O7/c1-9-11-14-40(10-2)33-62-53-24-20-43(30-49(53)51-32-52(46-15-12-13-16-47(46)58(51)62)59(67)56-35(4)27-34(3)28-36(56)5)57(61-71-39(8)66)41-17-21-44(22-18-41)63-54-25-19-42(37(6)60-70-38(7)65)29-48(54)50-31-45(64(68)69)23-26-55(50)63/h12-13,15-32,40H,9-11,14,33H2,1-8H3. The first kappa shape index (κ1) is 47.8. The highest BCUT2D eigenvalue weighted by atomic mass is 16.7. The molecule has 0 fully saturated rings. The molecular weight excluding hydrogens is 891 g/mol. The molecule has 7 aromatic carbocycles. The number of rotatable bonds is 15. The first-order chi connectivity index (χ1) is 34.2. The third kappa shape index (κ3) is 9.09. The van der Waals surface area contributed by atoms with Gasteiger partial charge >= 0.3 is 11.9 Å². The summed E-state index contributed by atoms with van der Waals surface area (Å²) in [4.78, 5) is 60.7. The molecule has 1 unspecified atom stereocenters. The lowest BCUT2D eigenvalue weighted by atomic mass is 9.89. The predicted molar refractivity (Wildman–Crippen MR) is 283 cm³/mol. The molecule has 2 heterocycles. The van der Waals surface area contributed by atoms with Crippen LogP contribution in [0.4, 0.5) is 5.69 Å². The van der Waals surface area contributed by atoms with Gasteiger partial charge in [-0.1, -0.05) is 110 Å². The molecule has 0 bridgehead atoms. The fourth-order valence-electron chi connectivity index (χ4n) is 10.3. The highest BCUT2D eigenvalue weighted by molar-refractivity contribution is 6.27. The molecule has 9 aromatic rings. The van der Waals surface area contributed by atoms with Crippen LogP contribution < -0.4 is 0 Å². The summed E-state index contributed by atoms with van der Waals surface area (Å²) in [6.07, 6.45) is 4.38. The number of oxime groups is 2. The number of nitro groups is 1. The molecule has 358 valence electrons. The number of nitro benzene ring substituents is 1. The Morgan fingerprint density at radius 3 is 1.90 bits per heavy atom. The summed E-state index contributed by atoms with van der Waals surface area (Å²) >= 11 is 0. The van der Waals surface area contributed by atoms with E-state index in [1.807, 2.05) is 86.0 Å². The maximum atomic E-state index is 14.9. The summed E-state index contributed by atoms with van der Waals surface area (Å²) in [6, 6.07) is 38.8. The molecule has 2 aromatic heterocycles. The Kier molecular flexibility index (Phi) is 13.2. The van der Waals surface area contributed by atoms with Crippen molar-refractivity contribution in [3.63, 3.8) is 0 Å². The van der Waals surface area contributed by atoms with E-state index in [2.05, 4.69) is 71.2 Å². The van der Waals surface area contributed by atoms with Crippen LogP contribution in [0, 0.1) is 36.8 Å². The average Bonchev–Trinajstić information content (AvgIpc) is 3.85. The van der Waals surface area contributed by atoms with Gasteiger partial charge in [0, 0.05) is 92.9 Å². The molecule has 1 atom stereocenters. The summed E-state index contributed by atoms with van der Waals surface area (Å²) in [5.74, 6) is -0.708. The monoisotopic (exact) mass is 945 g/mol. The number of non-ortho nitro benzene ring substituents is 1. The number of fused-ring (bicyclic) bond motifs is 8. The lowest BCUT2D eigenvalue weighted by Crippen LogP contribution is -2.11. The van der Waals surface area contributed by atoms with Gasteiger partial charge in [0.15, 0.2) is 5.78 Å². The molecule has 0 radical (unpaired) electrons. The van der Waals surface area contributed by atoms with Gasteiger partial charge in [0.1, 0.15) is 5.71 Å². The molecule has 0 saturated carbocycles. The fraction of sp³-hybridized carbons (Fsp3) is 0.237. The zero-order valence-electron chi connectivity index (χ0n) is 41.3.